The van der Waals surface area contributed by atoms with E-state index in [4.69, 9.17) is 0 Å². The van der Waals surface area contributed by atoms with Gasteiger partial charge in [-0.3, -0.25) is 9.79 Å². The van der Waals surface area contributed by atoms with E-state index in [-0.39, 0.29) is 5.91 Å². The summed E-state index contributed by atoms with van der Waals surface area (Å²) in [4.78, 5) is 16.7. The monoisotopic (exact) mass is 264 g/mol. The van der Waals surface area contributed by atoms with Crippen LogP contribution >= 0.6 is 23.5 Å². The molecule has 1 spiro atoms. The third kappa shape index (κ3) is 1.52. The van der Waals surface area contributed by atoms with E-state index in [1.54, 1.807) is 23.5 Å². The number of anilines is 1. The van der Waals surface area contributed by atoms with Gasteiger partial charge in [0.2, 0.25) is 5.91 Å². The van der Waals surface area contributed by atoms with Crippen LogP contribution in [0.5, 0.6) is 0 Å². The molecule has 0 saturated heterocycles. The summed E-state index contributed by atoms with van der Waals surface area (Å²) in [5, 5.41) is 2.96. The molecule has 88 valence electrons. The predicted octanol–water partition coefficient (Wildman–Crippen LogP) is 2.61. The molecule has 1 amide bonds. The van der Waals surface area contributed by atoms with Crippen LogP contribution in [0.1, 0.15) is 11.1 Å². The van der Waals surface area contributed by atoms with Gasteiger partial charge in [0, 0.05) is 11.3 Å². The zero-order valence-electron chi connectivity index (χ0n) is 9.61. The number of fused-ring (bicyclic) bond motifs is 2. The first kappa shape index (κ1) is 11.2. The fourth-order valence-electron chi connectivity index (χ4n) is 2.20. The van der Waals surface area contributed by atoms with Crippen LogP contribution in [-0.4, -0.2) is 23.1 Å². The molecule has 2 aliphatic heterocycles. The van der Waals surface area contributed by atoms with Crippen molar-refractivity contribution in [3.63, 3.8) is 0 Å². The smallest absolute Gasteiger partial charge is 0.247 e. The summed E-state index contributed by atoms with van der Waals surface area (Å²) in [6.45, 7) is 2.60. The van der Waals surface area contributed by atoms with Gasteiger partial charge in [-0.1, -0.05) is 29.5 Å². The van der Waals surface area contributed by atoms with Crippen LogP contribution in [0.3, 0.4) is 0 Å². The quantitative estimate of drug-likeness (QED) is 0.783. The van der Waals surface area contributed by atoms with E-state index in [0.717, 1.165) is 15.6 Å². The van der Waals surface area contributed by atoms with Gasteiger partial charge in [-0.25, -0.2) is 0 Å². The zero-order valence-corrected chi connectivity index (χ0v) is 11.2. The molecule has 17 heavy (non-hydrogen) atoms. The number of benzene rings is 1. The van der Waals surface area contributed by atoms with Crippen LogP contribution in [0.2, 0.25) is 0 Å². The number of thioether (sulfide) groups is 2. The summed E-state index contributed by atoms with van der Waals surface area (Å²) >= 11 is 3.19. The Morgan fingerprint density at radius 3 is 3.06 bits per heavy atom. The molecule has 2 aliphatic rings. The number of aryl methyl sites for hydroxylation is 1. The van der Waals surface area contributed by atoms with Crippen LogP contribution < -0.4 is 5.32 Å². The second-order valence-corrected chi connectivity index (χ2v) is 6.56. The summed E-state index contributed by atoms with van der Waals surface area (Å²) in [5.41, 5.74) is 3.20. The van der Waals surface area contributed by atoms with E-state index in [2.05, 4.69) is 16.4 Å². The van der Waals surface area contributed by atoms with Gasteiger partial charge >= 0.3 is 0 Å². The van der Waals surface area contributed by atoms with Crippen molar-refractivity contribution >= 4 is 39.5 Å². The van der Waals surface area contributed by atoms with Gasteiger partial charge in [0.05, 0.1) is 6.54 Å². The number of carbonyl (C=O) groups excluding carboxylic acids is 1. The van der Waals surface area contributed by atoms with E-state index < -0.39 is 4.75 Å². The molecular weight excluding hydrogens is 252 g/mol. The number of hydrogen-bond donors (Lipinski definition) is 1. The highest BCUT2D eigenvalue weighted by molar-refractivity contribution is 8.39. The summed E-state index contributed by atoms with van der Waals surface area (Å²) in [7, 11) is 0. The molecule has 2 heterocycles. The molecule has 3 nitrogen and oxygen atoms in total. The van der Waals surface area contributed by atoms with Gasteiger partial charge in [-0.15, -0.1) is 11.8 Å². The van der Waals surface area contributed by atoms with Crippen LogP contribution in [0, 0.1) is 6.92 Å². The van der Waals surface area contributed by atoms with E-state index in [1.807, 2.05) is 25.3 Å². The molecule has 0 saturated carbocycles. The standard InChI is InChI=1S/C12H12N2OS2/c1-7-3-4-9-8(5-7)12(10(15)14-9)6-13-11(16-2)17-12/h3-5H,6H2,1-2H3,(H,14,15)/t12-/m1/s1. The second-order valence-electron chi connectivity index (χ2n) is 4.22. The van der Waals surface area contributed by atoms with Crippen molar-refractivity contribution < 1.29 is 4.79 Å². The van der Waals surface area contributed by atoms with E-state index in [0.29, 0.717) is 6.54 Å². The zero-order chi connectivity index (χ0) is 12.0. The van der Waals surface area contributed by atoms with Crippen molar-refractivity contribution in [3.8, 4) is 0 Å². The molecule has 0 aromatic heterocycles. The summed E-state index contributed by atoms with van der Waals surface area (Å²) in [6.07, 6.45) is 1.99. The number of carbonyl (C=O) groups is 1. The molecule has 0 radical (unpaired) electrons. The van der Waals surface area contributed by atoms with Crippen molar-refractivity contribution in [3.05, 3.63) is 29.3 Å². The predicted molar refractivity (Wildman–Crippen MR) is 74.9 cm³/mol. The highest BCUT2D eigenvalue weighted by Crippen LogP contribution is 2.51. The minimum absolute atomic E-state index is 0.0656. The van der Waals surface area contributed by atoms with Gasteiger partial charge in [0.25, 0.3) is 0 Å². The SMILES string of the molecule is CSC1=NC[C@]2(S1)C(=O)Nc1ccc(C)cc12. The molecule has 3 rings (SSSR count). The molecule has 1 atom stereocenters. The normalized spacial score (nSPS) is 26.0. The fraction of sp³-hybridized carbons (Fsp3) is 0.333. The molecule has 0 fully saturated rings. The van der Waals surface area contributed by atoms with Crippen molar-refractivity contribution in [1.29, 1.82) is 0 Å². The maximum absolute atomic E-state index is 12.2. The second kappa shape index (κ2) is 3.78. The summed E-state index contributed by atoms with van der Waals surface area (Å²) in [5.74, 6) is 0.0656. The van der Waals surface area contributed by atoms with Gasteiger partial charge in [0.15, 0.2) is 0 Å². The van der Waals surface area contributed by atoms with Crippen molar-refractivity contribution in [2.45, 2.75) is 11.7 Å². The maximum atomic E-state index is 12.2. The van der Waals surface area contributed by atoms with E-state index in [9.17, 15) is 4.79 Å². The molecule has 1 aromatic rings. The third-order valence-electron chi connectivity index (χ3n) is 3.09. The Kier molecular flexibility index (Phi) is 2.48. The first-order valence-electron chi connectivity index (χ1n) is 5.36. The minimum Gasteiger partial charge on any atom is -0.324 e. The largest absolute Gasteiger partial charge is 0.324 e. The first-order valence-corrected chi connectivity index (χ1v) is 7.40. The van der Waals surface area contributed by atoms with Gasteiger partial charge in [0.1, 0.15) is 9.12 Å². The minimum atomic E-state index is -0.514. The van der Waals surface area contributed by atoms with Crippen LogP contribution in [-0.2, 0) is 9.54 Å². The number of amides is 1. The Balaban J connectivity index is 2.09. The van der Waals surface area contributed by atoms with Crippen molar-refractivity contribution in [1.82, 2.24) is 0 Å². The lowest BCUT2D eigenvalue weighted by atomic mass is 9.98. The van der Waals surface area contributed by atoms with Crippen molar-refractivity contribution in [2.75, 3.05) is 18.1 Å². The molecule has 5 heteroatoms. The number of nitrogens with one attached hydrogen (secondary N) is 1. The lowest BCUT2D eigenvalue weighted by molar-refractivity contribution is -0.117. The fourth-order valence-corrected chi connectivity index (χ4v) is 4.13. The molecule has 0 unspecified atom stereocenters. The molecule has 1 N–H and O–H groups in total. The number of nitrogens with zero attached hydrogens (tertiary/aromatic N) is 1. The lowest BCUT2D eigenvalue weighted by Gasteiger charge is -2.19. The van der Waals surface area contributed by atoms with E-state index in [1.165, 1.54) is 5.56 Å². The third-order valence-corrected chi connectivity index (χ3v) is 5.51. The number of rotatable bonds is 0. The Labute approximate surface area is 108 Å². The number of aliphatic imine (C=N–C) groups is 1. The average Bonchev–Trinajstić information content (AvgIpc) is 2.86. The van der Waals surface area contributed by atoms with Crippen molar-refractivity contribution in [2.24, 2.45) is 4.99 Å². The lowest BCUT2D eigenvalue weighted by Crippen LogP contribution is -2.32. The first-order chi connectivity index (χ1) is 8.15. The molecule has 1 aromatic carbocycles. The Morgan fingerprint density at radius 1 is 1.53 bits per heavy atom. The van der Waals surface area contributed by atoms with Gasteiger partial charge in [-0.2, -0.15) is 0 Å². The molecule has 0 aliphatic carbocycles. The molecule has 0 bridgehead atoms. The summed E-state index contributed by atoms with van der Waals surface area (Å²) in [6, 6.07) is 6.10. The van der Waals surface area contributed by atoms with Crippen LogP contribution in [0.4, 0.5) is 5.69 Å². The average molecular weight is 264 g/mol. The number of hydrogen-bond acceptors (Lipinski definition) is 4. The van der Waals surface area contributed by atoms with Gasteiger partial charge in [-0.05, 0) is 19.2 Å². The molecular formula is C12H12N2OS2. The topological polar surface area (TPSA) is 41.5 Å². The Morgan fingerprint density at radius 2 is 2.35 bits per heavy atom. The maximum Gasteiger partial charge on any atom is 0.247 e. The Hall–Kier alpha value is -0.940. The van der Waals surface area contributed by atoms with Gasteiger partial charge < -0.3 is 5.32 Å². The van der Waals surface area contributed by atoms with Crippen LogP contribution in [0.15, 0.2) is 23.2 Å². The highest BCUT2D eigenvalue weighted by Gasteiger charge is 2.51. The van der Waals surface area contributed by atoms with Crippen LogP contribution in [0.25, 0.3) is 0 Å². The highest BCUT2D eigenvalue weighted by atomic mass is 32.2. The van der Waals surface area contributed by atoms with E-state index >= 15 is 0 Å². The Bertz CT molecular complexity index is 541. The summed E-state index contributed by atoms with van der Waals surface area (Å²) < 4.78 is 0.481.